The molecule has 0 aliphatic carbocycles. The van der Waals surface area contributed by atoms with E-state index < -0.39 is 0 Å². The summed E-state index contributed by atoms with van der Waals surface area (Å²) in [5.41, 5.74) is 3.77. The smallest absolute Gasteiger partial charge is 0.0843 e. The van der Waals surface area contributed by atoms with Gasteiger partial charge in [-0.15, -0.1) is 5.10 Å². The van der Waals surface area contributed by atoms with Gasteiger partial charge in [-0.05, 0) is 12.3 Å². The van der Waals surface area contributed by atoms with Gasteiger partial charge in [0.2, 0.25) is 0 Å². The van der Waals surface area contributed by atoms with Crippen LogP contribution in [0.5, 0.6) is 0 Å². The van der Waals surface area contributed by atoms with Crippen LogP contribution < -0.4 is 11.3 Å². The second kappa shape index (κ2) is 6.57. The predicted molar refractivity (Wildman–Crippen MR) is 61.5 cm³/mol. The van der Waals surface area contributed by atoms with E-state index >= 15 is 0 Å². The summed E-state index contributed by atoms with van der Waals surface area (Å²) in [7, 11) is 3.57. The van der Waals surface area contributed by atoms with Crippen LogP contribution in [0.2, 0.25) is 0 Å². The zero-order valence-electron chi connectivity index (χ0n) is 10.2. The van der Waals surface area contributed by atoms with Crippen molar-refractivity contribution in [2.45, 2.75) is 25.8 Å². The van der Waals surface area contributed by atoms with E-state index in [-0.39, 0.29) is 6.04 Å². The summed E-state index contributed by atoms with van der Waals surface area (Å²) in [5.74, 6) is 6.00. The first-order chi connectivity index (χ1) is 7.65. The van der Waals surface area contributed by atoms with Crippen LogP contribution in [0.1, 0.15) is 19.0 Å². The maximum atomic E-state index is 5.53. The molecule has 92 valence electrons. The number of nitrogens with zero attached hydrogens (tertiary/aromatic N) is 3. The van der Waals surface area contributed by atoms with Crippen molar-refractivity contribution in [2.24, 2.45) is 18.8 Å². The lowest BCUT2D eigenvalue weighted by atomic mass is 10.00. The molecule has 0 radical (unpaired) electrons. The molecule has 0 spiro atoms. The van der Waals surface area contributed by atoms with E-state index in [1.807, 2.05) is 13.2 Å². The summed E-state index contributed by atoms with van der Waals surface area (Å²) in [6, 6.07) is 0.210. The molecule has 0 aliphatic heterocycles. The number of hydrogen-bond acceptors (Lipinski definition) is 5. The third-order valence-electron chi connectivity index (χ3n) is 2.48. The number of methoxy groups -OCH3 is 1. The molecule has 1 heterocycles. The van der Waals surface area contributed by atoms with E-state index in [0.29, 0.717) is 5.92 Å². The Morgan fingerprint density at radius 2 is 2.38 bits per heavy atom. The van der Waals surface area contributed by atoms with Crippen LogP contribution in [-0.4, -0.2) is 34.8 Å². The quantitative estimate of drug-likeness (QED) is 0.501. The van der Waals surface area contributed by atoms with E-state index in [1.165, 1.54) is 0 Å². The number of rotatable bonds is 7. The molecule has 0 aromatic carbocycles. The lowest BCUT2D eigenvalue weighted by Gasteiger charge is -2.18. The summed E-state index contributed by atoms with van der Waals surface area (Å²) in [6.45, 7) is 2.89. The lowest BCUT2D eigenvalue weighted by Crippen LogP contribution is -2.38. The molecule has 0 fully saturated rings. The highest BCUT2D eigenvalue weighted by molar-refractivity contribution is 4.95. The van der Waals surface area contributed by atoms with E-state index in [1.54, 1.807) is 11.8 Å². The average Bonchev–Trinajstić information content (AvgIpc) is 2.63. The minimum absolute atomic E-state index is 0.210. The first-order valence-corrected chi connectivity index (χ1v) is 5.46. The Labute approximate surface area is 96.1 Å². The Hall–Kier alpha value is -0.980. The van der Waals surface area contributed by atoms with Crippen LogP contribution in [0.3, 0.4) is 0 Å². The number of ether oxygens (including phenoxy) is 1. The molecular weight excluding hydrogens is 206 g/mol. The second-order valence-electron chi connectivity index (χ2n) is 4.25. The minimum Gasteiger partial charge on any atom is -0.384 e. The molecule has 1 aromatic rings. The van der Waals surface area contributed by atoms with Crippen LogP contribution in [0, 0.1) is 5.92 Å². The van der Waals surface area contributed by atoms with Crippen molar-refractivity contribution in [3.63, 3.8) is 0 Å². The number of aryl methyl sites for hydroxylation is 1. The summed E-state index contributed by atoms with van der Waals surface area (Å²) in [5, 5.41) is 7.94. The highest BCUT2D eigenvalue weighted by atomic mass is 16.5. The highest BCUT2D eigenvalue weighted by Gasteiger charge is 2.14. The average molecular weight is 227 g/mol. The largest absolute Gasteiger partial charge is 0.384 e. The Morgan fingerprint density at radius 3 is 2.88 bits per heavy atom. The van der Waals surface area contributed by atoms with Gasteiger partial charge in [0.1, 0.15) is 0 Å². The third kappa shape index (κ3) is 4.26. The fraction of sp³-hybridized carbons (Fsp3) is 0.800. The molecule has 16 heavy (non-hydrogen) atoms. The number of hydrogen-bond donors (Lipinski definition) is 2. The topological polar surface area (TPSA) is 78.0 Å². The van der Waals surface area contributed by atoms with E-state index in [2.05, 4.69) is 22.7 Å². The summed E-state index contributed by atoms with van der Waals surface area (Å²) in [6.07, 6.45) is 3.66. The van der Waals surface area contributed by atoms with Crippen molar-refractivity contribution in [1.82, 2.24) is 20.4 Å². The SMILES string of the molecule is COCC(C)CC(Cc1cn(C)nn1)NN. The van der Waals surface area contributed by atoms with Crippen molar-refractivity contribution in [3.05, 3.63) is 11.9 Å². The fourth-order valence-corrected chi connectivity index (χ4v) is 1.79. The summed E-state index contributed by atoms with van der Waals surface area (Å²) >= 11 is 0. The summed E-state index contributed by atoms with van der Waals surface area (Å²) < 4.78 is 6.80. The van der Waals surface area contributed by atoms with Gasteiger partial charge in [-0.2, -0.15) is 0 Å². The Kier molecular flexibility index (Phi) is 5.37. The van der Waals surface area contributed by atoms with E-state index in [9.17, 15) is 0 Å². The maximum Gasteiger partial charge on any atom is 0.0843 e. The molecule has 0 saturated heterocycles. The molecule has 0 bridgehead atoms. The van der Waals surface area contributed by atoms with Crippen LogP contribution >= 0.6 is 0 Å². The Balaban J connectivity index is 2.42. The van der Waals surface area contributed by atoms with Crippen molar-refractivity contribution < 1.29 is 4.74 Å². The van der Waals surface area contributed by atoms with Gasteiger partial charge in [-0.25, -0.2) is 0 Å². The van der Waals surface area contributed by atoms with Crippen LogP contribution in [0.25, 0.3) is 0 Å². The molecule has 6 heteroatoms. The van der Waals surface area contributed by atoms with Gasteiger partial charge in [0.15, 0.2) is 0 Å². The number of nitrogens with two attached hydrogens (primary N) is 1. The van der Waals surface area contributed by atoms with Gasteiger partial charge in [0.05, 0.1) is 5.69 Å². The monoisotopic (exact) mass is 227 g/mol. The van der Waals surface area contributed by atoms with Crippen LogP contribution in [0.4, 0.5) is 0 Å². The van der Waals surface area contributed by atoms with Gasteiger partial charge in [0, 0.05) is 39.4 Å². The van der Waals surface area contributed by atoms with Gasteiger partial charge in [-0.1, -0.05) is 12.1 Å². The molecule has 0 amide bonds. The third-order valence-corrected chi connectivity index (χ3v) is 2.48. The number of nitrogens with one attached hydrogen (secondary N) is 1. The fourth-order valence-electron chi connectivity index (χ4n) is 1.79. The minimum atomic E-state index is 0.210. The van der Waals surface area contributed by atoms with Gasteiger partial charge in [-0.3, -0.25) is 16.0 Å². The Bertz CT molecular complexity index is 301. The molecule has 2 atom stereocenters. The zero-order valence-corrected chi connectivity index (χ0v) is 10.2. The molecule has 3 N–H and O–H groups in total. The maximum absolute atomic E-state index is 5.53. The lowest BCUT2D eigenvalue weighted by molar-refractivity contribution is 0.149. The normalized spacial score (nSPS) is 15.0. The van der Waals surface area contributed by atoms with Crippen molar-refractivity contribution in [1.29, 1.82) is 0 Å². The Morgan fingerprint density at radius 1 is 1.62 bits per heavy atom. The summed E-state index contributed by atoms with van der Waals surface area (Å²) in [4.78, 5) is 0. The number of aromatic nitrogens is 3. The molecule has 2 unspecified atom stereocenters. The molecule has 1 rings (SSSR count). The van der Waals surface area contributed by atoms with Crippen molar-refractivity contribution in [3.8, 4) is 0 Å². The molecule has 1 aromatic heterocycles. The van der Waals surface area contributed by atoms with Gasteiger partial charge < -0.3 is 4.74 Å². The molecule has 6 nitrogen and oxygen atoms in total. The van der Waals surface area contributed by atoms with E-state index in [4.69, 9.17) is 10.6 Å². The van der Waals surface area contributed by atoms with E-state index in [0.717, 1.165) is 25.1 Å². The molecule has 0 saturated carbocycles. The van der Waals surface area contributed by atoms with Crippen molar-refractivity contribution >= 4 is 0 Å². The molecule has 0 aliphatic rings. The van der Waals surface area contributed by atoms with Crippen LogP contribution in [-0.2, 0) is 18.2 Å². The van der Waals surface area contributed by atoms with Crippen LogP contribution in [0.15, 0.2) is 6.20 Å². The second-order valence-corrected chi connectivity index (χ2v) is 4.25. The number of hydrazine groups is 1. The highest BCUT2D eigenvalue weighted by Crippen LogP contribution is 2.09. The van der Waals surface area contributed by atoms with Gasteiger partial charge >= 0.3 is 0 Å². The standard InChI is InChI=1S/C10H21N5O/c1-8(7-16-3)4-9(12-11)5-10-6-15(2)14-13-10/h6,8-9,12H,4-5,7,11H2,1-3H3. The first kappa shape index (κ1) is 13.1. The van der Waals surface area contributed by atoms with Crippen molar-refractivity contribution in [2.75, 3.05) is 13.7 Å². The zero-order chi connectivity index (χ0) is 12.0. The predicted octanol–water partition coefficient (Wildman–Crippen LogP) is -0.138. The first-order valence-electron chi connectivity index (χ1n) is 5.46. The molecular formula is C10H21N5O. The van der Waals surface area contributed by atoms with Gasteiger partial charge in [0.25, 0.3) is 0 Å².